The Morgan fingerprint density at radius 2 is 0.586 bits per heavy atom. The molecule has 2 heterocycles. The van der Waals surface area contributed by atoms with E-state index >= 15 is 0 Å². The second kappa shape index (κ2) is 14.1. The van der Waals surface area contributed by atoms with Gasteiger partial charge in [0, 0.05) is 43.7 Å². The van der Waals surface area contributed by atoms with Gasteiger partial charge in [0.25, 0.3) is 0 Å². The summed E-state index contributed by atoms with van der Waals surface area (Å²) >= 11 is 0. The van der Waals surface area contributed by atoms with E-state index < -0.39 is 0 Å². The highest BCUT2D eigenvalue weighted by Crippen LogP contribution is 2.54. The number of para-hydroxylation sites is 4. The van der Waals surface area contributed by atoms with Crippen molar-refractivity contribution in [3.8, 4) is 55.9 Å². The lowest BCUT2D eigenvalue weighted by molar-refractivity contribution is 0.660. The number of hydrogen-bond donors (Lipinski definition) is 0. The van der Waals surface area contributed by atoms with Crippen LogP contribution in [0.2, 0.25) is 0 Å². The average Bonchev–Trinajstić information content (AvgIpc) is 4.06. The molecule has 0 amide bonds. The summed E-state index contributed by atoms with van der Waals surface area (Å²) in [7, 11) is 0. The van der Waals surface area contributed by atoms with Crippen molar-refractivity contribution >= 4 is 65.2 Å². The van der Waals surface area contributed by atoms with Crippen molar-refractivity contribution in [3.05, 3.63) is 241 Å². The fraction of sp³-hybridized carbons (Fsp3) is 0.0882. The molecular weight excluding hydrogens is 845 g/mol. The van der Waals surface area contributed by atoms with Crippen LogP contribution in [0.1, 0.15) is 49.9 Å². The molecule has 0 aliphatic heterocycles. The van der Waals surface area contributed by atoms with Crippen molar-refractivity contribution in [2.45, 2.75) is 38.5 Å². The van der Waals surface area contributed by atoms with Gasteiger partial charge in [-0.1, -0.05) is 185 Å². The van der Waals surface area contributed by atoms with Crippen molar-refractivity contribution in [2.75, 3.05) is 0 Å². The molecule has 2 aliphatic rings. The zero-order chi connectivity index (χ0) is 46.6. The van der Waals surface area contributed by atoms with Gasteiger partial charge >= 0.3 is 0 Å². The SMILES string of the molecule is CC1(C)c2ccccc2-c2ccc(-c3c4ccc(-n5c6ccccc6c6ccccc65)cc4c(-c4ccc5c(c4)C(C)(C)c4ccccc4-5)c4ccc(-n5c6ccccc6c6ccccc65)cc34)cc21. The number of fused-ring (bicyclic) bond motifs is 14. The molecule has 0 spiro atoms. The van der Waals surface area contributed by atoms with Crippen LogP contribution in [0.5, 0.6) is 0 Å². The van der Waals surface area contributed by atoms with Crippen LogP contribution in [0, 0.1) is 0 Å². The highest BCUT2D eigenvalue weighted by Gasteiger charge is 2.37. The van der Waals surface area contributed by atoms with E-state index in [4.69, 9.17) is 0 Å². The molecule has 0 fully saturated rings. The Hall–Kier alpha value is -8.46. The normalized spacial score (nSPS) is 14.2. The van der Waals surface area contributed by atoms with Crippen LogP contribution in [-0.2, 0) is 10.8 Å². The molecule has 0 saturated carbocycles. The fourth-order valence-electron chi connectivity index (χ4n) is 13.2. The van der Waals surface area contributed by atoms with Crippen LogP contribution in [0.3, 0.4) is 0 Å². The summed E-state index contributed by atoms with van der Waals surface area (Å²) < 4.78 is 4.95. The Labute approximate surface area is 407 Å². The van der Waals surface area contributed by atoms with E-state index in [0.717, 1.165) is 11.4 Å². The van der Waals surface area contributed by atoms with Crippen LogP contribution in [0.25, 0.3) is 121 Å². The van der Waals surface area contributed by atoms with Gasteiger partial charge in [-0.2, -0.15) is 0 Å². The molecule has 2 aliphatic carbocycles. The quantitative estimate of drug-likeness (QED) is 0.156. The predicted octanol–water partition coefficient (Wildman–Crippen LogP) is 18.1. The maximum absolute atomic E-state index is 2.52. The summed E-state index contributed by atoms with van der Waals surface area (Å²) in [6.07, 6.45) is 0. The van der Waals surface area contributed by atoms with Gasteiger partial charge in [0.15, 0.2) is 0 Å². The van der Waals surface area contributed by atoms with E-state index in [9.17, 15) is 0 Å². The van der Waals surface area contributed by atoms with Crippen LogP contribution in [0.15, 0.2) is 218 Å². The lowest BCUT2D eigenvalue weighted by atomic mass is 9.79. The largest absolute Gasteiger partial charge is 0.309 e. The molecule has 15 rings (SSSR count). The smallest absolute Gasteiger partial charge is 0.0541 e. The molecule has 2 heteroatoms. The van der Waals surface area contributed by atoms with Gasteiger partial charge < -0.3 is 9.13 Å². The Balaban J connectivity index is 1.09. The third-order valence-corrected chi connectivity index (χ3v) is 16.5. The zero-order valence-electron chi connectivity index (χ0n) is 39.7. The second-order valence-corrected chi connectivity index (χ2v) is 20.8. The first-order valence-corrected chi connectivity index (χ1v) is 24.8. The summed E-state index contributed by atoms with van der Waals surface area (Å²) in [5, 5.41) is 10.0. The monoisotopic (exact) mass is 892 g/mol. The molecular formula is C68H48N2. The van der Waals surface area contributed by atoms with E-state index in [0.29, 0.717) is 0 Å². The fourth-order valence-corrected chi connectivity index (χ4v) is 13.2. The molecule has 330 valence electrons. The van der Waals surface area contributed by atoms with Crippen LogP contribution >= 0.6 is 0 Å². The van der Waals surface area contributed by atoms with Crippen LogP contribution < -0.4 is 0 Å². The van der Waals surface area contributed by atoms with Crippen molar-refractivity contribution in [1.82, 2.24) is 9.13 Å². The predicted molar refractivity (Wildman–Crippen MR) is 296 cm³/mol. The van der Waals surface area contributed by atoms with Crippen molar-refractivity contribution < 1.29 is 0 Å². The number of hydrogen-bond acceptors (Lipinski definition) is 0. The number of nitrogens with zero attached hydrogens (tertiary/aromatic N) is 2. The topological polar surface area (TPSA) is 9.86 Å². The first-order valence-electron chi connectivity index (χ1n) is 24.8. The Morgan fingerprint density at radius 3 is 0.971 bits per heavy atom. The summed E-state index contributed by atoms with van der Waals surface area (Å²) in [5.74, 6) is 0. The van der Waals surface area contributed by atoms with E-state index in [-0.39, 0.29) is 10.8 Å². The molecule has 0 saturated heterocycles. The number of rotatable bonds is 4. The number of benzene rings is 11. The van der Waals surface area contributed by atoms with Crippen molar-refractivity contribution in [3.63, 3.8) is 0 Å². The van der Waals surface area contributed by atoms with E-state index in [1.54, 1.807) is 0 Å². The highest BCUT2D eigenvalue weighted by molar-refractivity contribution is 6.23. The molecule has 0 radical (unpaired) electrons. The lowest BCUT2D eigenvalue weighted by Gasteiger charge is -2.24. The minimum absolute atomic E-state index is 0.153. The molecule has 0 unspecified atom stereocenters. The molecule has 70 heavy (non-hydrogen) atoms. The molecule has 2 aromatic heterocycles. The van der Waals surface area contributed by atoms with Crippen LogP contribution in [0.4, 0.5) is 0 Å². The summed E-state index contributed by atoms with van der Waals surface area (Å²) in [4.78, 5) is 0. The van der Waals surface area contributed by atoms with Gasteiger partial charge in [0.1, 0.15) is 0 Å². The minimum Gasteiger partial charge on any atom is -0.309 e. The van der Waals surface area contributed by atoms with Gasteiger partial charge in [-0.15, -0.1) is 0 Å². The Kier molecular flexibility index (Phi) is 7.94. The Morgan fingerprint density at radius 1 is 0.257 bits per heavy atom. The molecule has 13 aromatic rings. The maximum Gasteiger partial charge on any atom is 0.0541 e. The van der Waals surface area contributed by atoms with Gasteiger partial charge in [-0.25, -0.2) is 0 Å². The van der Waals surface area contributed by atoms with Gasteiger partial charge in [-0.05, 0) is 149 Å². The molecule has 2 nitrogen and oxygen atoms in total. The summed E-state index contributed by atoms with van der Waals surface area (Å²) in [6.45, 7) is 9.58. The lowest BCUT2D eigenvalue weighted by Crippen LogP contribution is -2.15. The molecule has 11 aromatic carbocycles. The van der Waals surface area contributed by atoms with Crippen molar-refractivity contribution in [1.29, 1.82) is 0 Å². The standard InChI is InChI=1S/C68H48N2/c1-67(2)57-23-11-5-17-45(57)47-33-29-41(37-59(47)67)65-53-35-31-44(70-63-27-15-9-21-51(63)52-22-10-16-28-64(52)70)40-56(53)66(42-30-34-48-46-18-6-12-24-58(46)68(3,4)60(48)38-42)54-36-32-43(39-55(54)65)69-61-25-13-7-19-49(61)50-20-8-14-26-62(50)69/h5-40H,1-4H3. The number of aromatic nitrogens is 2. The maximum atomic E-state index is 2.52. The summed E-state index contributed by atoms with van der Waals surface area (Å²) in [6, 6.07) is 82.6. The molecule has 0 N–H and O–H groups in total. The first kappa shape index (κ1) is 39.5. The van der Waals surface area contributed by atoms with Crippen LogP contribution in [-0.4, -0.2) is 9.13 Å². The van der Waals surface area contributed by atoms with E-state index in [1.807, 2.05) is 0 Å². The summed E-state index contributed by atoms with van der Waals surface area (Å²) in [5.41, 5.74) is 22.7. The minimum atomic E-state index is -0.153. The third kappa shape index (κ3) is 5.23. The first-order chi connectivity index (χ1) is 34.3. The van der Waals surface area contributed by atoms with E-state index in [1.165, 1.54) is 132 Å². The zero-order valence-corrected chi connectivity index (χ0v) is 39.7. The highest BCUT2D eigenvalue weighted by atomic mass is 15.0. The second-order valence-electron chi connectivity index (χ2n) is 20.8. The van der Waals surface area contributed by atoms with Gasteiger partial charge in [0.05, 0.1) is 22.1 Å². The molecule has 0 bridgehead atoms. The van der Waals surface area contributed by atoms with Gasteiger partial charge in [0.2, 0.25) is 0 Å². The van der Waals surface area contributed by atoms with Gasteiger partial charge in [-0.3, -0.25) is 0 Å². The molecule has 0 atom stereocenters. The van der Waals surface area contributed by atoms with E-state index in [2.05, 4.69) is 255 Å². The van der Waals surface area contributed by atoms with Crippen molar-refractivity contribution in [2.24, 2.45) is 0 Å². The third-order valence-electron chi connectivity index (χ3n) is 16.5. The average molecular weight is 893 g/mol. The Bertz CT molecular complexity index is 4030.